The summed E-state index contributed by atoms with van der Waals surface area (Å²) in [6.07, 6.45) is 1.45. The van der Waals surface area contributed by atoms with Crippen LogP contribution in [0.2, 0.25) is 0 Å². The number of phenolic OH excluding ortho intramolecular Hbond substituents is 1. The molecule has 0 fully saturated rings. The van der Waals surface area contributed by atoms with Gasteiger partial charge >= 0.3 is 0 Å². The summed E-state index contributed by atoms with van der Waals surface area (Å²) in [7, 11) is 0. The smallest absolute Gasteiger partial charge is 0.277 e. The largest absolute Gasteiger partial charge is 0.508 e. The van der Waals surface area contributed by atoms with E-state index in [1.807, 2.05) is 42.5 Å². The first-order valence-corrected chi connectivity index (χ1v) is 7.43. The predicted octanol–water partition coefficient (Wildman–Crippen LogP) is 3.07. The number of amides is 1. The van der Waals surface area contributed by atoms with E-state index in [1.165, 1.54) is 6.21 Å². The van der Waals surface area contributed by atoms with Gasteiger partial charge in [0.15, 0.2) is 6.61 Å². The molecule has 24 heavy (non-hydrogen) atoms. The molecule has 0 saturated carbocycles. The van der Waals surface area contributed by atoms with Crippen LogP contribution in [0.25, 0.3) is 10.8 Å². The van der Waals surface area contributed by atoms with Crippen LogP contribution in [0.5, 0.6) is 11.5 Å². The number of ether oxygens (including phenoxy) is 1. The minimum absolute atomic E-state index is 0.129. The fourth-order valence-electron chi connectivity index (χ4n) is 2.22. The van der Waals surface area contributed by atoms with Gasteiger partial charge in [0.2, 0.25) is 0 Å². The molecule has 0 aliphatic carbocycles. The molecule has 0 heterocycles. The lowest BCUT2D eigenvalue weighted by Crippen LogP contribution is -2.24. The molecule has 0 bridgehead atoms. The minimum atomic E-state index is -0.362. The van der Waals surface area contributed by atoms with Crippen molar-refractivity contribution in [2.45, 2.75) is 0 Å². The second kappa shape index (κ2) is 7.28. The van der Waals surface area contributed by atoms with E-state index in [1.54, 1.807) is 24.3 Å². The first-order chi connectivity index (χ1) is 11.7. The highest BCUT2D eigenvalue weighted by molar-refractivity contribution is 5.84. The summed E-state index contributed by atoms with van der Waals surface area (Å²) < 4.78 is 5.47. The van der Waals surface area contributed by atoms with Gasteiger partial charge in [-0.3, -0.25) is 4.79 Å². The van der Waals surface area contributed by atoms with Crippen molar-refractivity contribution in [3.8, 4) is 11.5 Å². The van der Waals surface area contributed by atoms with Crippen LogP contribution in [-0.2, 0) is 4.79 Å². The summed E-state index contributed by atoms with van der Waals surface area (Å²) in [6.45, 7) is -0.129. The Morgan fingerprint density at radius 3 is 2.71 bits per heavy atom. The summed E-state index contributed by atoms with van der Waals surface area (Å²) in [5.41, 5.74) is 3.07. The van der Waals surface area contributed by atoms with Gasteiger partial charge in [0.25, 0.3) is 5.91 Å². The second-order valence-corrected chi connectivity index (χ2v) is 5.19. The molecule has 2 N–H and O–H groups in total. The molecule has 0 saturated heterocycles. The van der Waals surface area contributed by atoms with Crippen LogP contribution in [-0.4, -0.2) is 23.8 Å². The Balaban J connectivity index is 1.53. The Bertz CT molecular complexity index is 890. The topological polar surface area (TPSA) is 70.9 Å². The lowest BCUT2D eigenvalue weighted by Gasteiger charge is -2.06. The summed E-state index contributed by atoms with van der Waals surface area (Å²) in [6, 6.07) is 20.2. The van der Waals surface area contributed by atoms with Gasteiger partial charge in [0.1, 0.15) is 11.5 Å². The summed E-state index contributed by atoms with van der Waals surface area (Å²) in [5, 5.41) is 15.3. The first-order valence-electron chi connectivity index (χ1n) is 7.43. The standard InChI is InChI=1S/C19H16N2O3/c22-17-7-3-4-14(10-17)12-20-21-19(23)13-24-18-9-8-15-5-1-2-6-16(15)11-18/h1-12,22H,13H2,(H,21,23)/b20-12-. The number of hydrogen-bond acceptors (Lipinski definition) is 4. The molecule has 3 aromatic carbocycles. The SMILES string of the molecule is O=C(COc1ccc2ccccc2c1)N/N=C\c1cccc(O)c1. The molecule has 5 nitrogen and oxygen atoms in total. The number of rotatable bonds is 5. The molecule has 3 aromatic rings. The number of benzene rings is 3. The third-order valence-electron chi connectivity index (χ3n) is 3.36. The van der Waals surface area contributed by atoms with Crippen LogP contribution in [0.1, 0.15) is 5.56 Å². The molecule has 0 aromatic heterocycles. The maximum absolute atomic E-state index is 11.7. The van der Waals surface area contributed by atoms with Gasteiger partial charge in [0, 0.05) is 0 Å². The average molecular weight is 320 g/mol. The van der Waals surface area contributed by atoms with Crippen LogP contribution in [0.15, 0.2) is 71.8 Å². The zero-order valence-electron chi connectivity index (χ0n) is 12.8. The van der Waals surface area contributed by atoms with Gasteiger partial charge in [-0.2, -0.15) is 5.10 Å². The van der Waals surface area contributed by atoms with Crippen molar-refractivity contribution >= 4 is 22.9 Å². The third-order valence-corrected chi connectivity index (χ3v) is 3.36. The Labute approximate surface area is 139 Å². The van der Waals surface area contributed by atoms with E-state index < -0.39 is 0 Å². The maximum atomic E-state index is 11.7. The fraction of sp³-hybridized carbons (Fsp3) is 0.0526. The zero-order chi connectivity index (χ0) is 16.8. The fourth-order valence-corrected chi connectivity index (χ4v) is 2.22. The monoisotopic (exact) mass is 320 g/mol. The third kappa shape index (κ3) is 4.10. The van der Waals surface area contributed by atoms with E-state index in [0.717, 1.165) is 10.8 Å². The second-order valence-electron chi connectivity index (χ2n) is 5.19. The maximum Gasteiger partial charge on any atom is 0.277 e. The number of phenols is 1. The van der Waals surface area contributed by atoms with Crippen molar-refractivity contribution in [3.63, 3.8) is 0 Å². The normalized spacial score (nSPS) is 10.8. The quantitative estimate of drug-likeness (QED) is 0.560. The van der Waals surface area contributed by atoms with E-state index in [2.05, 4.69) is 10.5 Å². The Morgan fingerprint density at radius 2 is 1.88 bits per heavy atom. The molecular formula is C19H16N2O3. The number of aromatic hydroxyl groups is 1. The van der Waals surface area contributed by atoms with E-state index in [9.17, 15) is 9.90 Å². The van der Waals surface area contributed by atoms with E-state index in [0.29, 0.717) is 11.3 Å². The Kier molecular flexibility index (Phi) is 4.72. The lowest BCUT2D eigenvalue weighted by atomic mass is 10.1. The number of carbonyl (C=O) groups excluding carboxylic acids is 1. The van der Waals surface area contributed by atoms with Crippen molar-refractivity contribution in [3.05, 3.63) is 72.3 Å². The number of fused-ring (bicyclic) bond motifs is 1. The van der Waals surface area contributed by atoms with Crippen LogP contribution in [0.4, 0.5) is 0 Å². The van der Waals surface area contributed by atoms with E-state index in [4.69, 9.17) is 4.74 Å². The Morgan fingerprint density at radius 1 is 1.04 bits per heavy atom. The number of carbonyl (C=O) groups is 1. The molecule has 0 radical (unpaired) electrons. The van der Waals surface area contributed by atoms with Gasteiger partial charge in [0.05, 0.1) is 6.21 Å². The van der Waals surface area contributed by atoms with Crippen molar-refractivity contribution in [1.29, 1.82) is 0 Å². The number of nitrogens with zero attached hydrogens (tertiary/aromatic N) is 1. The number of hydrogen-bond donors (Lipinski definition) is 2. The van der Waals surface area contributed by atoms with Gasteiger partial charge in [-0.15, -0.1) is 0 Å². The molecule has 0 unspecified atom stereocenters. The molecule has 1 amide bonds. The summed E-state index contributed by atoms with van der Waals surface area (Å²) in [5.74, 6) is 0.408. The lowest BCUT2D eigenvalue weighted by molar-refractivity contribution is -0.123. The first kappa shape index (κ1) is 15.6. The van der Waals surface area contributed by atoms with Crippen molar-refractivity contribution in [2.75, 3.05) is 6.61 Å². The average Bonchev–Trinajstić information content (AvgIpc) is 2.60. The van der Waals surface area contributed by atoms with Gasteiger partial charge in [-0.1, -0.05) is 42.5 Å². The highest BCUT2D eigenvalue weighted by atomic mass is 16.5. The van der Waals surface area contributed by atoms with E-state index >= 15 is 0 Å². The number of nitrogens with one attached hydrogen (secondary N) is 1. The molecule has 3 rings (SSSR count). The Hall–Kier alpha value is -3.34. The van der Waals surface area contributed by atoms with Crippen molar-refractivity contribution < 1.29 is 14.6 Å². The van der Waals surface area contributed by atoms with Gasteiger partial charge < -0.3 is 9.84 Å². The molecule has 0 spiro atoms. The van der Waals surface area contributed by atoms with Crippen LogP contribution in [0.3, 0.4) is 0 Å². The molecule has 0 atom stereocenters. The summed E-state index contributed by atoms with van der Waals surface area (Å²) in [4.78, 5) is 11.7. The number of hydrazone groups is 1. The van der Waals surface area contributed by atoms with Crippen LogP contribution in [0, 0.1) is 0 Å². The summed E-state index contributed by atoms with van der Waals surface area (Å²) >= 11 is 0. The predicted molar refractivity (Wildman–Crippen MR) is 93.3 cm³/mol. The molecular weight excluding hydrogens is 304 g/mol. The highest BCUT2D eigenvalue weighted by Crippen LogP contribution is 2.20. The molecule has 0 aliphatic heterocycles. The molecule has 0 aliphatic rings. The van der Waals surface area contributed by atoms with Crippen LogP contribution >= 0.6 is 0 Å². The zero-order valence-corrected chi connectivity index (χ0v) is 12.8. The van der Waals surface area contributed by atoms with Crippen LogP contribution < -0.4 is 10.2 Å². The highest BCUT2D eigenvalue weighted by Gasteiger charge is 2.02. The van der Waals surface area contributed by atoms with Crippen molar-refractivity contribution in [1.82, 2.24) is 5.43 Å². The molecule has 5 heteroatoms. The van der Waals surface area contributed by atoms with E-state index in [-0.39, 0.29) is 18.3 Å². The van der Waals surface area contributed by atoms with Gasteiger partial charge in [-0.25, -0.2) is 5.43 Å². The van der Waals surface area contributed by atoms with Gasteiger partial charge in [-0.05, 0) is 40.6 Å². The molecule has 120 valence electrons. The van der Waals surface area contributed by atoms with Crippen molar-refractivity contribution in [2.24, 2.45) is 5.10 Å². The minimum Gasteiger partial charge on any atom is -0.508 e.